The number of halogens is 1. The van der Waals surface area contributed by atoms with Crippen LogP contribution in [0.15, 0.2) is 12.1 Å². The van der Waals surface area contributed by atoms with Gasteiger partial charge in [0.1, 0.15) is 11.4 Å². The molecule has 2 rings (SSSR count). The zero-order chi connectivity index (χ0) is 11.2. The second-order valence-electron chi connectivity index (χ2n) is 3.96. The number of hydrogen-bond acceptors (Lipinski definition) is 2. The zero-order valence-corrected chi connectivity index (χ0v) is 8.93. The summed E-state index contributed by atoms with van der Waals surface area (Å²) in [5.41, 5.74) is 0.794. The molecule has 2 nitrogen and oxygen atoms in total. The van der Waals surface area contributed by atoms with Crippen LogP contribution in [0.25, 0.3) is 0 Å². The van der Waals surface area contributed by atoms with Crippen LogP contribution in [0.2, 0.25) is 5.02 Å². The minimum absolute atomic E-state index is 0.0949. The molecule has 0 aliphatic carbocycles. The fourth-order valence-corrected chi connectivity index (χ4v) is 1.84. The molecule has 14 heavy (non-hydrogen) atoms. The van der Waals surface area contributed by atoms with E-state index in [-0.39, 0.29) is 6.61 Å². The van der Waals surface area contributed by atoms with Crippen molar-refractivity contribution in [2.75, 3.05) is 0 Å². The van der Waals surface area contributed by atoms with Gasteiger partial charge in [0.2, 0.25) is 0 Å². The van der Waals surface area contributed by atoms with E-state index < -0.39 is 12.0 Å². The fraction of sp³-hybridized carbons (Fsp3) is 0.455. The van der Waals surface area contributed by atoms with Crippen molar-refractivity contribution in [3.8, 4) is 5.75 Å². The molecule has 0 fully saturated rings. The van der Waals surface area contributed by atoms with Gasteiger partial charge in [-0.2, -0.15) is 0 Å². The van der Waals surface area contributed by atoms with Crippen LogP contribution in [0.5, 0.6) is 5.75 Å². The average molecular weight is 214 g/mol. The monoisotopic (exact) mass is 213 g/mol. The van der Waals surface area contributed by atoms with E-state index in [9.17, 15) is 0 Å². The molecule has 1 aliphatic heterocycles. The van der Waals surface area contributed by atoms with Gasteiger partial charge in [-0.1, -0.05) is 17.7 Å². The van der Waals surface area contributed by atoms with Crippen molar-refractivity contribution in [3.05, 3.63) is 28.3 Å². The quantitative estimate of drug-likeness (QED) is 0.777. The van der Waals surface area contributed by atoms with Gasteiger partial charge in [-0.15, -0.1) is 0 Å². The Balaban J connectivity index is 2.61. The van der Waals surface area contributed by atoms with Crippen molar-refractivity contribution >= 4 is 11.6 Å². The minimum atomic E-state index is -0.586. The first-order valence-corrected chi connectivity index (χ1v) is 4.88. The van der Waals surface area contributed by atoms with Gasteiger partial charge in [-0.3, -0.25) is 0 Å². The van der Waals surface area contributed by atoms with Gasteiger partial charge in [-0.25, -0.2) is 0 Å². The van der Waals surface area contributed by atoms with E-state index in [4.69, 9.17) is 22.8 Å². The number of ether oxygens (including phenoxy) is 1. The Bertz CT molecular complexity index is 404. The molecule has 1 aromatic carbocycles. The molecule has 1 aromatic rings. The molecule has 0 aromatic heterocycles. The number of hydrogen-bond donors (Lipinski definition) is 1. The maximum absolute atomic E-state index is 9.16. The summed E-state index contributed by atoms with van der Waals surface area (Å²) < 4.78 is 13.7. The van der Waals surface area contributed by atoms with Crippen LogP contribution in [-0.4, -0.2) is 10.7 Å². The molecule has 76 valence electrons. The maximum atomic E-state index is 9.16. The topological polar surface area (TPSA) is 29.5 Å². The van der Waals surface area contributed by atoms with E-state index in [0.29, 0.717) is 21.9 Å². The molecule has 1 atom stereocenters. The highest BCUT2D eigenvalue weighted by molar-refractivity contribution is 6.31. The van der Waals surface area contributed by atoms with Crippen LogP contribution in [0.3, 0.4) is 0 Å². The van der Waals surface area contributed by atoms with Crippen molar-refractivity contribution in [2.24, 2.45) is 0 Å². The van der Waals surface area contributed by atoms with Crippen molar-refractivity contribution in [1.29, 1.82) is 0 Å². The second-order valence-corrected chi connectivity index (χ2v) is 4.36. The number of aliphatic hydroxyl groups excluding tert-OH is 1. The van der Waals surface area contributed by atoms with Gasteiger partial charge < -0.3 is 9.84 Å². The van der Waals surface area contributed by atoms with Crippen LogP contribution in [-0.2, 0) is 13.0 Å². The number of rotatable bonds is 1. The summed E-state index contributed by atoms with van der Waals surface area (Å²) in [7, 11) is 0. The average Bonchev–Trinajstić information content (AvgIpc) is 2.40. The Morgan fingerprint density at radius 3 is 3.00 bits per heavy atom. The van der Waals surface area contributed by atoms with Gasteiger partial charge in [0.15, 0.2) is 0 Å². The molecule has 1 N–H and O–H groups in total. The van der Waals surface area contributed by atoms with Crippen molar-refractivity contribution < 1.29 is 11.2 Å². The first-order valence-electron chi connectivity index (χ1n) is 5.08. The van der Waals surface area contributed by atoms with Gasteiger partial charge in [0.05, 0.1) is 6.61 Å². The maximum Gasteiger partial charge on any atom is 0.130 e. The molecule has 0 bridgehead atoms. The molecular formula is C11H13ClO2. The molecule has 3 heteroatoms. The zero-order valence-electron chi connectivity index (χ0n) is 9.17. The number of fused-ring (bicyclic) bond motifs is 1. The summed E-state index contributed by atoms with van der Waals surface area (Å²) in [6, 6.07) is 3.44. The molecule has 0 radical (unpaired) electrons. The van der Waals surface area contributed by atoms with Crippen molar-refractivity contribution in [2.45, 2.75) is 32.5 Å². The normalized spacial score (nSPS) is 24.0. The number of aliphatic hydroxyl groups is 1. The van der Waals surface area contributed by atoms with E-state index in [1.54, 1.807) is 12.1 Å². The molecular weight excluding hydrogens is 200 g/mol. The van der Waals surface area contributed by atoms with Gasteiger partial charge in [-0.05, 0) is 19.9 Å². The predicted octanol–water partition coefficient (Wildman–Crippen LogP) is 2.55. The molecule has 0 amide bonds. The Morgan fingerprint density at radius 1 is 1.64 bits per heavy atom. The molecule has 1 unspecified atom stereocenters. The Hall–Kier alpha value is -0.730. The predicted molar refractivity (Wildman–Crippen MR) is 55.8 cm³/mol. The third-order valence-corrected chi connectivity index (χ3v) is 2.58. The Morgan fingerprint density at radius 2 is 2.36 bits per heavy atom. The van der Waals surface area contributed by atoms with Crippen molar-refractivity contribution in [1.82, 2.24) is 0 Å². The third kappa shape index (κ3) is 1.49. The molecule has 0 spiro atoms. The summed E-state index contributed by atoms with van der Waals surface area (Å²) in [6.45, 7) is 3.60. The summed E-state index contributed by atoms with van der Waals surface area (Å²) in [5, 5.41) is 9.70. The van der Waals surface area contributed by atoms with Crippen LogP contribution in [0.1, 0.15) is 26.3 Å². The fourth-order valence-electron chi connectivity index (χ4n) is 1.64. The lowest BCUT2D eigenvalue weighted by atomic mass is 10.0. The highest BCUT2D eigenvalue weighted by Crippen LogP contribution is 2.41. The van der Waals surface area contributed by atoms with Gasteiger partial charge in [0, 0.05) is 23.9 Å². The smallest absolute Gasteiger partial charge is 0.130 e. The number of benzene rings is 1. The van der Waals surface area contributed by atoms with E-state index in [1.165, 1.54) is 0 Å². The van der Waals surface area contributed by atoms with Crippen LogP contribution in [0.4, 0.5) is 0 Å². The first kappa shape index (κ1) is 8.57. The van der Waals surface area contributed by atoms with Crippen LogP contribution < -0.4 is 4.74 Å². The summed E-state index contributed by atoms with van der Waals surface area (Å²) in [4.78, 5) is 0. The largest absolute Gasteiger partial charge is 0.487 e. The van der Waals surface area contributed by atoms with Crippen molar-refractivity contribution in [3.63, 3.8) is 0 Å². The minimum Gasteiger partial charge on any atom is -0.487 e. The van der Waals surface area contributed by atoms with Gasteiger partial charge in [0.25, 0.3) is 0 Å². The van der Waals surface area contributed by atoms with E-state index >= 15 is 0 Å². The lowest BCUT2D eigenvalue weighted by Crippen LogP contribution is -2.24. The van der Waals surface area contributed by atoms with Crippen LogP contribution in [0, 0.1) is 0 Å². The lowest BCUT2D eigenvalue weighted by Gasteiger charge is -2.17. The van der Waals surface area contributed by atoms with E-state index in [0.717, 1.165) is 0 Å². The SMILES string of the molecule is [2H]C1c2c(Cl)ccc(CO)c2OC1(C)C. The molecule has 0 saturated carbocycles. The van der Waals surface area contributed by atoms with E-state index in [1.807, 2.05) is 13.8 Å². The standard InChI is InChI=1S/C11H13ClO2/c1-11(2)5-8-9(12)4-3-7(6-13)10(8)14-11/h3-4,13H,5-6H2,1-2H3/i5D. The Labute approximate surface area is 89.9 Å². The molecule has 1 heterocycles. The Kier molecular flexibility index (Phi) is 1.92. The van der Waals surface area contributed by atoms with Crippen LogP contribution >= 0.6 is 11.6 Å². The summed E-state index contributed by atoms with van der Waals surface area (Å²) in [5.74, 6) is 0.579. The highest BCUT2D eigenvalue weighted by Gasteiger charge is 2.33. The molecule has 1 aliphatic rings. The first-order chi connectivity index (χ1) is 6.97. The second kappa shape index (κ2) is 3.14. The molecule has 0 saturated heterocycles. The lowest BCUT2D eigenvalue weighted by molar-refractivity contribution is 0.134. The highest BCUT2D eigenvalue weighted by atomic mass is 35.5. The third-order valence-electron chi connectivity index (χ3n) is 2.25. The van der Waals surface area contributed by atoms with Gasteiger partial charge >= 0.3 is 0 Å². The summed E-state index contributed by atoms with van der Waals surface area (Å²) in [6.07, 6.45) is -0.508. The van der Waals surface area contributed by atoms with E-state index in [2.05, 4.69) is 0 Å². The summed E-state index contributed by atoms with van der Waals surface area (Å²) >= 11 is 6.04.